The molecule has 1 amide bonds. The van der Waals surface area contributed by atoms with Crippen LogP contribution in [0.3, 0.4) is 0 Å². The van der Waals surface area contributed by atoms with Crippen molar-refractivity contribution < 1.29 is 13.9 Å². The molecule has 1 aliphatic heterocycles. The van der Waals surface area contributed by atoms with Crippen LogP contribution in [0, 0.1) is 0 Å². The van der Waals surface area contributed by atoms with Crippen LogP contribution >= 0.6 is 0 Å². The molecule has 0 unspecified atom stereocenters. The fraction of sp³-hybridized carbons (Fsp3) is 0.733. The van der Waals surface area contributed by atoms with E-state index in [9.17, 15) is 4.79 Å². The van der Waals surface area contributed by atoms with Crippen LogP contribution in [0.2, 0.25) is 0 Å². The SMILES string of the molecule is COC(C)(C)C(=O)N1CCc2oc(C(C)(C)C)nc2C1. The summed E-state index contributed by atoms with van der Waals surface area (Å²) in [6, 6.07) is 0. The molecule has 0 radical (unpaired) electrons. The van der Waals surface area contributed by atoms with Crippen molar-refractivity contribution in [2.24, 2.45) is 0 Å². The van der Waals surface area contributed by atoms with Gasteiger partial charge in [-0.15, -0.1) is 0 Å². The number of ether oxygens (including phenoxy) is 1. The van der Waals surface area contributed by atoms with E-state index in [1.54, 1.807) is 25.9 Å². The number of carbonyl (C=O) groups excluding carboxylic acids is 1. The minimum Gasteiger partial charge on any atom is -0.445 e. The Bertz CT molecular complexity index is 512. The third-order valence-electron chi connectivity index (χ3n) is 3.68. The van der Waals surface area contributed by atoms with Gasteiger partial charge in [0, 0.05) is 25.5 Å². The number of rotatable bonds is 2. The van der Waals surface area contributed by atoms with Crippen LogP contribution in [0.5, 0.6) is 0 Å². The Labute approximate surface area is 120 Å². The van der Waals surface area contributed by atoms with Crippen LogP contribution in [0.4, 0.5) is 0 Å². The molecule has 2 heterocycles. The summed E-state index contributed by atoms with van der Waals surface area (Å²) in [6.07, 6.45) is 0.712. The zero-order valence-electron chi connectivity index (χ0n) is 13.2. The smallest absolute Gasteiger partial charge is 0.254 e. The Morgan fingerprint density at radius 3 is 2.50 bits per heavy atom. The van der Waals surface area contributed by atoms with Crippen molar-refractivity contribution in [3.8, 4) is 0 Å². The molecular weight excluding hydrogens is 256 g/mol. The second-order valence-corrected chi connectivity index (χ2v) is 6.83. The lowest BCUT2D eigenvalue weighted by Crippen LogP contribution is -2.48. The number of fused-ring (bicyclic) bond motifs is 1. The Morgan fingerprint density at radius 2 is 1.95 bits per heavy atom. The maximum atomic E-state index is 12.4. The number of hydrogen-bond donors (Lipinski definition) is 0. The third kappa shape index (κ3) is 2.73. The van der Waals surface area contributed by atoms with Crippen molar-refractivity contribution in [2.75, 3.05) is 13.7 Å². The Hall–Kier alpha value is -1.36. The molecule has 112 valence electrons. The van der Waals surface area contributed by atoms with E-state index in [2.05, 4.69) is 25.8 Å². The van der Waals surface area contributed by atoms with E-state index in [1.807, 2.05) is 0 Å². The summed E-state index contributed by atoms with van der Waals surface area (Å²) in [6.45, 7) is 10.9. The Morgan fingerprint density at radius 1 is 1.30 bits per heavy atom. The number of amides is 1. The number of aromatic nitrogens is 1. The van der Waals surface area contributed by atoms with Gasteiger partial charge in [0.1, 0.15) is 17.1 Å². The van der Waals surface area contributed by atoms with Crippen molar-refractivity contribution >= 4 is 5.91 Å². The van der Waals surface area contributed by atoms with Crippen LogP contribution < -0.4 is 0 Å². The first-order valence-corrected chi connectivity index (χ1v) is 6.99. The number of nitrogens with zero attached hydrogens (tertiary/aromatic N) is 2. The summed E-state index contributed by atoms with van der Waals surface area (Å²) in [5.41, 5.74) is -0.0343. The molecule has 0 spiro atoms. The highest BCUT2D eigenvalue weighted by molar-refractivity contribution is 5.84. The molecule has 0 aliphatic carbocycles. The predicted molar refractivity (Wildman–Crippen MR) is 75.4 cm³/mol. The van der Waals surface area contributed by atoms with Gasteiger partial charge in [-0.2, -0.15) is 0 Å². The molecular formula is C15H24N2O3. The van der Waals surface area contributed by atoms with E-state index in [-0.39, 0.29) is 11.3 Å². The van der Waals surface area contributed by atoms with Crippen molar-refractivity contribution in [3.63, 3.8) is 0 Å². The molecule has 5 nitrogen and oxygen atoms in total. The van der Waals surface area contributed by atoms with Gasteiger partial charge in [-0.25, -0.2) is 4.98 Å². The van der Waals surface area contributed by atoms with Gasteiger partial charge < -0.3 is 14.1 Å². The first-order valence-electron chi connectivity index (χ1n) is 6.99. The second kappa shape index (κ2) is 4.88. The van der Waals surface area contributed by atoms with E-state index in [1.165, 1.54) is 0 Å². The lowest BCUT2D eigenvalue weighted by molar-refractivity contribution is -0.152. The topological polar surface area (TPSA) is 55.6 Å². The van der Waals surface area contributed by atoms with Gasteiger partial charge in [0.2, 0.25) is 0 Å². The Balaban J connectivity index is 2.19. The van der Waals surface area contributed by atoms with Gasteiger partial charge in [0.25, 0.3) is 5.91 Å². The average molecular weight is 280 g/mol. The predicted octanol–water partition coefficient (Wildman–Crippen LogP) is 2.28. The Kier molecular flexibility index (Phi) is 3.67. The first kappa shape index (κ1) is 15.0. The number of hydrogen-bond acceptors (Lipinski definition) is 4. The molecule has 1 aromatic rings. The third-order valence-corrected chi connectivity index (χ3v) is 3.68. The number of carbonyl (C=O) groups is 1. The van der Waals surface area contributed by atoms with Crippen LogP contribution in [-0.4, -0.2) is 35.0 Å². The van der Waals surface area contributed by atoms with Gasteiger partial charge in [-0.1, -0.05) is 20.8 Å². The first-order chi connectivity index (χ1) is 9.15. The zero-order chi connectivity index (χ0) is 15.1. The molecule has 2 rings (SSSR count). The fourth-order valence-electron chi connectivity index (χ4n) is 2.16. The summed E-state index contributed by atoms with van der Waals surface area (Å²) < 4.78 is 11.1. The van der Waals surface area contributed by atoms with Gasteiger partial charge in [0.15, 0.2) is 5.89 Å². The molecule has 5 heteroatoms. The van der Waals surface area contributed by atoms with Crippen molar-refractivity contribution in [2.45, 2.75) is 58.6 Å². The van der Waals surface area contributed by atoms with Crippen molar-refractivity contribution in [1.82, 2.24) is 9.88 Å². The summed E-state index contributed by atoms with van der Waals surface area (Å²) >= 11 is 0. The zero-order valence-corrected chi connectivity index (χ0v) is 13.2. The summed E-state index contributed by atoms with van der Waals surface area (Å²) in [5.74, 6) is 1.64. The maximum absolute atomic E-state index is 12.4. The van der Waals surface area contributed by atoms with Gasteiger partial charge >= 0.3 is 0 Å². The molecule has 0 fully saturated rings. The number of methoxy groups -OCH3 is 1. The van der Waals surface area contributed by atoms with E-state index >= 15 is 0 Å². The second-order valence-electron chi connectivity index (χ2n) is 6.83. The largest absolute Gasteiger partial charge is 0.445 e. The molecule has 1 aliphatic rings. The van der Waals surface area contributed by atoms with Gasteiger partial charge in [-0.05, 0) is 13.8 Å². The van der Waals surface area contributed by atoms with Crippen LogP contribution in [0.25, 0.3) is 0 Å². The minimum atomic E-state index is -0.798. The van der Waals surface area contributed by atoms with Crippen LogP contribution in [-0.2, 0) is 27.9 Å². The van der Waals surface area contributed by atoms with Gasteiger partial charge in [0.05, 0.1) is 6.54 Å². The summed E-state index contributed by atoms with van der Waals surface area (Å²) in [4.78, 5) is 18.8. The lowest BCUT2D eigenvalue weighted by Gasteiger charge is -2.32. The monoisotopic (exact) mass is 280 g/mol. The molecule has 0 saturated heterocycles. The van der Waals surface area contributed by atoms with Crippen LogP contribution in [0.15, 0.2) is 4.42 Å². The van der Waals surface area contributed by atoms with Crippen molar-refractivity contribution in [3.05, 3.63) is 17.3 Å². The van der Waals surface area contributed by atoms with E-state index in [0.717, 1.165) is 17.3 Å². The molecule has 0 aromatic carbocycles. The highest BCUT2D eigenvalue weighted by atomic mass is 16.5. The average Bonchev–Trinajstić information content (AvgIpc) is 2.80. The quantitative estimate of drug-likeness (QED) is 0.834. The fourth-order valence-corrected chi connectivity index (χ4v) is 2.16. The summed E-state index contributed by atoms with van der Waals surface area (Å²) in [5, 5.41) is 0. The summed E-state index contributed by atoms with van der Waals surface area (Å²) in [7, 11) is 1.56. The number of oxazole rings is 1. The molecule has 0 N–H and O–H groups in total. The van der Waals surface area contributed by atoms with Gasteiger partial charge in [-0.3, -0.25) is 4.79 Å². The molecule has 0 saturated carbocycles. The molecule has 1 aromatic heterocycles. The molecule has 0 atom stereocenters. The van der Waals surface area contributed by atoms with Crippen LogP contribution in [0.1, 0.15) is 52.0 Å². The van der Waals surface area contributed by atoms with E-state index in [4.69, 9.17) is 9.15 Å². The highest BCUT2D eigenvalue weighted by Gasteiger charge is 2.35. The normalized spacial score (nSPS) is 16.2. The standard InChI is InChI=1S/C15H24N2O3/c1-14(2,3)12-16-10-9-17(8-7-11(10)20-12)13(18)15(4,5)19-6/h7-9H2,1-6H3. The minimum absolute atomic E-state index is 0.00837. The maximum Gasteiger partial charge on any atom is 0.254 e. The molecule has 0 bridgehead atoms. The van der Waals surface area contributed by atoms with E-state index in [0.29, 0.717) is 19.5 Å². The van der Waals surface area contributed by atoms with E-state index < -0.39 is 5.60 Å². The van der Waals surface area contributed by atoms with Crippen molar-refractivity contribution in [1.29, 1.82) is 0 Å². The lowest BCUT2D eigenvalue weighted by atomic mass is 9.97. The highest BCUT2D eigenvalue weighted by Crippen LogP contribution is 2.28. The molecule has 20 heavy (non-hydrogen) atoms.